The molecule has 0 bridgehead atoms. The molecule has 6 heteroatoms. The summed E-state index contributed by atoms with van der Waals surface area (Å²) in [5.74, 6) is 0.862. The number of rotatable bonds is 9. The van der Waals surface area contributed by atoms with Gasteiger partial charge in [0, 0.05) is 39.3 Å². The Morgan fingerprint density at radius 3 is 2.67 bits per heavy atom. The van der Waals surface area contributed by atoms with Crippen molar-refractivity contribution >= 4 is 29.9 Å². The number of piperidine rings is 1. The largest absolute Gasteiger partial charge is 0.377 e. The lowest BCUT2D eigenvalue weighted by Gasteiger charge is -2.35. The molecule has 27 heavy (non-hydrogen) atoms. The van der Waals surface area contributed by atoms with Crippen molar-refractivity contribution in [3.05, 3.63) is 35.4 Å². The van der Waals surface area contributed by atoms with E-state index in [4.69, 9.17) is 4.74 Å². The van der Waals surface area contributed by atoms with E-state index in [1.807, 2.05) is 14.0 Å². The summed E-state index contributed by atoms with van der Waals surface area (Å²) in [6, 6.07) is 9.17. The Kier molecular flexibility index (Phi) is 12.7. The molecule has 0 radical (unpaired) electrons. The van der Waals surface area contributed by atoms with E-state index in [2.05, 4.69) is 51.7 Å². The predicted octanol–water partition coefficient (Wildman–Crippen LogP) is 3.77. The zero-order valence-corrected chi connectivity index (χ0v) is 19.5. The number of aliphatic imine (C=N–C) groups is 1. The van der Waals surface area contributed by atoms with E-state index in [-0.39, 0.29) is 24.0 Å². The third-order valence-electron chi connectivity index (χ3n) is 5.16. The number of halogens is 1. The molecule has 0 aromatic heterocycles. The molecule has 0 amide bonds. The van der Waals surface area contributed by atoms with Gasteiger partial charge >= 0.3 is 0 Å². The van der Waals surface area contributed by atoms with Crippen LogP contribution < -0.4 is 10.6 Å². The van der Waals surface area contributed by atoms with Crippen LogP contribution in [-0.2, 0) is 17.9 Å². The molecule has 1 aromatic rings. The van der Waals surface area contributed by atoms with E-state index in [0.29, 0.717) is 6.61 Å². The second-order valence-electron chi connectivity index (χ2n) is 6.85. The van der Waals surface area contributed by atoms with E-state index >= 15 is 0 Å². The highest BCUT2D eigenvalue weighted by Crippen LogP contribution is 2.18. The Balaban J connectivity index is 0.00000364. The lowest BCUT2D eigenvalue weighted by molar-refractivity contribution is 0.133. The first-order valence-corrected chi connectivity index (χ1v) is 10.1. The van der Waals surface area contributed by atoms with Gasteiger partial charge in [0.1, 0.15) is 0 Å². The third-order valence-corrected chi connectivity index (χ3v) is 5.16. The van der Waals surface area contributed by atoms with E-state index in [0.717, 1.165) is 38.2 Å². The molecule has 1 aromatic carbocycles. The second kappa shape index (κ2) is 14.2. The quantitative estimate of drug-likeness (QED) is 0.316. The van der Waals surface area contributed by atoms with Crippen molar-refractivity contribution in [1.82, 2.24) is 15.5 Å². The third kappa shape index (κ3) is 8.35. The van der Waals surface area contributed by atoms with Crippen LogP contribution in [0.15, 0.2) is 29.3 Å². The molecule has 0 aliphatic carbocycles. The Morgan fingerprint density at radius 1 is 1.19 bits per heavy atom. The smallest absolute Gasteiger partial charge is 0.191 e. The van der Waals surface area contributed by atoms with Gasteiger partial charge in [-0.3, -0.25) is 9.89 Å². The van der Waals surface area contributed by atoms with E-state index in [9.17, 15) is 0 Å². The molecule has 0 saturated carbocycles. The maximum atomic E-state index is 5.57. The minimum atomic E-state index is 0. The molecule has 1 aliphatic heterocycles. The Morgan fingerprint density at radius 2 is 1.96 bits per heavy atom. The summed E-state index contributed by atoms with van der Waals surface area (Å²) in [4.78, 5) is 6.99. The monoisotopic (exact) mass is 488 g/mol. The van der Waals surface area contributed by atoms with Crippen LogP contribution in [0.5, 0.6) is 0 Å². The Bertz CT molecular complexity index is 553. The van der Waals surface area contributed by atoms with Crippen molar-refractivity contribution in [2.45, 2.75) is 58.7 Å². The summed E-state index contributed by atoms with van der Waals surface area (Å²) in [6.07, 6.45) is 5.32. The van der Waals surface area contributed by atoms with Gasteiger partial charge < -0.3 is 15.4 Å². The number of ether oxygens (including phenoxy) is 1. The molecule has 5 nitrogen and oxygen atoms in total. The Labute approximate surface area is 182 Å². The average Bonchev–Trinajstić information content (AvgIpc) is 2.69. The molecule has 0 spiro atoms. The van der Waals surface area contributed by atoms with Crippen molar-refractivity contribution in [1.29, 1.82) is 0 Å². The van der Waals surface area contributed by atoms with Crippen LogP contribution in [0.25, 0.3) is 0 Å². The number of nitrogens with zero attached hydrogens (tertiary/aromatic N) is 2. The number of hydrogen-bond donors (Lipinski definition) is 2. The average molecular weight is 488 g/mol. The van der Waals surface area contributed by atoms with Crippen LogP contribution in [0, 0.1) is 0 Å². The first kappa shape index (κ1) is 24.2. The molecule has 2 N–H and O–H groups in total. The molecular weight excluding hydrogens is 451 g/mol. The minimum absolute atomic E-state index is 0. The fourth-order valence-corrected chi connectivity index (χ4v) is 3.62. The first-order valence-electron chi connectivity index (χ1n) is 10.1. The number of nitrogens with one attached hydrogen (secondary N) is 2. The van der Waals surface area contributed by atoms with Crippen molar-refractivity contribution in [3.8, 4) is 0 Å². The SMILES string of the molecule is CCOCc1ccccc1CNC(=NC)NCCN1CCCCC1CC.I. The van der Waals surface area contributed by atoms with Crippen molar-refractivity contribution < 1.29 is 4.74 Å². The number of guanidine groups is 1. The molecule has 1 unspecified atom stereocenters. The van der Waals surface area contributed by atoms with Crippen molar-refractivity contribution in [3.63, 3.8) is 0 Å². The van der Waals surface area contributed by atoms with E-state index in [1.54, 1.807) is 0 Å². The number of likely N-dealkylation sites (tertiary alicyclic amines) is 1. The van der Waals surface area contributed by atoms with Gasteiger partial charge in [0.05, 0.1) is 6.61 Å². The summed E-state index contributed by atoms with van der Waals surface area (Å²) < 4.78 is 5.57. The summed E-state index contributed by atoms with van der Waals surface area (Å²) in [5, 5.41) is 6.89. The minimum Gasteiger partial charge on any atom is -0.377 e. The van der Waals surface area contributed by atoms with Crippen LogP contribution in [-0.4, -0.2) is 50.2 Å². The standard InChI is InChI=1S/C21H36N4O.HI/c1-4-20-12-8-9-14-25(20)15-13-23-21(22-3)24-16-18-10-6-7-11-19(18)17-26-5-2;/h6-7,10-11,20H,4-5,8-9,12-17H2,1-3H3,(H2,22,23,24);1H. The van der Waals surface area contributed by atoms with Gasteiger partial charge in [-0.2, -0.15) is 0 Å². The molecule has 1 aliphatic rings. The summed E-state index contributed by atoms with van der Waals surface area (Å²) >= 11 is 0. The zero-order chi connectivity index (χ0) is 18.6. The van der Waals surface area contributed by atoms with Gasteiger partial charge in [0.2, 0.25) is 0 Å². The topological polar surface area (TPSA) is 48.9 Å². The Hall–Kier alpha value is -0.860. The first-order chi connectivity index (χ1) is 12.8. The molecule has 154 valence electrons. The van der Waals surface area contributed by atoms with Crippen LogP contribution in [0.3, 0.4) is 0 Å². The van der Waals surface area contributed by atoms with Crippen LogP contribution in [0.2, 0.25) is 0 Å². The maximum absolute atomic E-state index is 5.57. The maximum Gasteiger partial charge on any atom is 0.191 e. The summed E-state index contributed by atoms with van der Waals surface area (Å²) in [7, 11) is 1.83. The molecule has 1 fully saturated rings. The van der Waals surface area contributed by atoms with Crippen LogP contribution in [0.4, 0.5) is 0 Å². The predicted molar refractivity (Wildman–Crippen MR) is 125 cm³/mol. The highest BCUT2D eigenvalue weighted by molar-refractivity contribution is 14.0. The van der Waals surface area contributed by atoms with Gasteiger partial charge in [-0.1, -0.05) is 37.6 Å². The second-order valence-corrected chi connectivity index (χ2v) is 6.85. The van der Waals surface area contributed by atoms with Gasteiger partial charge in [0.15, 0.2) is 5.96 Å². The molecule has 1 saturated heterocycles. The number of benzene rings is 1. The van der Waals surface area contributed by atoms with Crippen LogP contribution in [0.1, 0.15) is 50.7 Å². The van der Waals surface area contributed by atoms with Crippen LogP contribution >= 0.6 is 24.0 Å². The molecule has 1 heterocycles. The number of hydrogen-bond acceptors (Lipinski definition) is 3. The lowest BCUT2D eigenvalue weighted by Crippen LogP contribution is -2.45. The van der Waals surface area contributed by atoms with Gasteiger partial charge in [-0.15, -0.1) is 24.0 Å². The van der Waals surface area contributed by atoms with Gasteiger partial charge in [-0.05, 0) is 43.9 Å². The fraction of sp³-hybridized carbons (Fsp3) is 0.667. The van der Waals surface area contributed by atoms with Gasteiger partial charge in [0.25, 0.3) is 0 Å². The highest BCUT2D eigenvalue weighted by Gasteiger charge is 2.19. The summed E-state index contributed by atoms with van der Waals surface area (Å²) in [5.41, 5.74) is 2.49. The molecular formula is C21H37IN4O. The fourth-order valence-electron chi connectivity index (χ4n) is 3.62. The van der Waals surface area contributed by atoms with Gasteiger partial charge in [-0.25, -0.2) is 0 Å². The normalized spacial score (nSPS) is 18.0. The molecule has 1 atom stereocenters. The van der Waals surface area contributed by atoms with Crippen molar-refractivity contribution in [2.75, 3.05) is 33.3 Å². The van der Waals surface area contributed by atoms with E-state index < -0.39 is 0 Å². The van der Waals surface area contributed by atoms with Crippen molar-refractivity contribution in [2.24, 2.45) is 4.99 Å². The lowest BCUT2D eigenvalue weighted by atomic mass is 10.0. The highest BCUT2D eigenvalue weighted by atomic mass is 127. The van der Waals surface area contributed by atoms with E-state index in [1.165, 1.54) is 43.4 Å². The summed E-state index contributed by atoms with van der Waals surface area (Å²) in [6.45, 7) is 9.72. The zero-order valence-electron chi connectivity index (χ0n) is 17.2. The molecule has 2 rings (SSSR count).